The molecule has 30 heavy (non-hydrogen) atoms. The van der Waals surface area contributed by atoms with Gasteiger partial charge < -0.3 is 4.74 Å². The van der Waals surface area contributed by atoms with Crippen molar-refractivity contribution in [1.82, 2.24) is 0 Å². The molecule has 6 atom stereocenters. The Morgan fingerprint density at radius 2 is 1.73 bits per heavy atom. The SMILES string of the molecule is C[C@]12CC[C@H](OC(=O)c3ccc(Cl)cc3)CC1=CC[C@@H]1[C@@H]2CC[C@]2(C)C(=O)CC[C@@H]12. The fraction of sp³-hybridized carbons (Fsp3) is 0.615. The van der Waals surface area contributed by atoms with E-state index in [0.717, 1.165) is 51.4 Å². The van der Waals surface area contributed by atoms with Crippen LogP contribution in [0, 0.1) is 28.6 Å². The Kier molecular flexibility index (Phi) is 4.89. The van der Waals surface area contributed by atoms with Crippen LogP contribution in [0.5, 0.6) is 0 Å². The molecule has 0 amide bonds. The summed E-state index contributed by atoms with van der Waals surface area (Å²) in [5.41, 5.74) is 2.16. The monoisotopic (exact) mass is 426 g/mol. The Balaban J connectivity index is 1.31. The molecule has 0 aliphatic heterocycles. The van der Waals surface area contributed by atoms with Gasteiger partial charge in [0.2, 0.25) is 0 Å². The molecule has 0 bridgehead atoms. The summed E-state index contributed by atoms with van der Waals surface area (Å²) in [5.74, 6) is 2.10. The number of esters is 1. The summed E-state index contributed by atoms with van der Waals surface area (Å²) in [6.07, 6.45) is 10.4. The average molecular weight is 427 g/mol. The van der Waals surface area contributed by atoms with Crippen LogP contribution in [0.4, 0.5) is 0 Å². The van der Waals surface area contributed by atoms with Gasteiger partial charge in [0, 0.05) is 23.3 Å². The number of carbonyl (C=O) groups is 2. The molecular weight excluding hydrogens is 396 g/mol. The van der Waals surface area contributed by atoms with E-state index in [1.807, 2.05) is 0 Å². The van der Waals surface area contributed by atoms with Crippen LogP contribution >= 0.6 is 11.6 Å². The second kappa shape index (κ2) is 7.22. The largest absolute Gasteiger partial charge is 0.458 e. The molecule has 0 saturated heterocycles. The standard InChI is InChI=1S/C26H31ClO3/c1-25-13-11-19(30-24(29)16-3-6-18(27)7-4-16)15-17(25)5-8-20-21-9-10-23(28)26(21,2)14-12-22(20)25/h3-7,19-22H,8-15H2,1-2H3/t19-,20-,21-,22-,25-,26-/m0/s1. The quantitative estimate of drug-likeness (QED) is 0.406. The molecule has 1 aromatic rings. The van der Waals surface area contributed by atoms with Crippen molar-refractivity contribution in [3.63, 3.8) is 0 Å². The first kappa shape index (κ1) is 20.3. The van der Waals surface area contributed by atoms with E-state index in [1.165, 1.54) is 5.57 Å². The van der Waals surface area contributed by atoms with Crippen LogP contribution in [0.1, 0.15) is 75.6 Å². The molecule has 0 spiro atoms. The number of hydrogen-bond donors (Lipinski definition) is 0. The van der Waals surface area contributed by atoms with Gasteiger partial charge in [0.15, 0.2) is 0 Å². The van der Waals surface area contributed by atoms with Crippen LogP contribution < -0.4 is 0 Å². The van der Waals surface area contributed by atoms with Crippen LogP contribution in [0.3, 0.4) is 0 Å². The highest BCUT2D eigenvalue weighted by Crippen LogP contribution is 2.64. The number of ether oxygens (including phenoxy) is 1. The number of hydrogen-bond acceptors (Lipinski definition) is 3. The molecule has 4 heteroatoms. The van der Waals surface area contributed by atoms with Crippen LogP contribution in [0.15, 0.2) is 35.9 Å². The zero-order valence-electron chi connectivity index (χ0n) is 18.0. The van der Waals surface area contributed by atoms with Crippen molar-refractivity contribution >= 4 is 23.4 Å². The highest BCUT2D eigenvalue weighted by atomic mass is 35.5. The van der Waals surface area contributed by atoms with Gasteiger partial charge in [0.1, 0.15) is 11.9 Å². The number of allylic oxidation sites excluding steroid dienone is 1. The molecule has 3 saturated carbocycles. The Morgan fingerprint density at radius 1 is 1.03 bits per heavy atom. The lowest BCUT2D eigenvalue weighted by Gasteiger charge is -2.56. The smallest absolute Gasteiger partial charge is 0.338 e. The predicted octanol–water partition coefficient (Wildman–Crippen LogP) is 6.40. The molecule has 3 fully saturated rings. The van der Waals surface area contributed by atoms with Crippen molar-refractivity contribution in [2.24, 2.45) is 28.6 Å². The molecule has 0 N–H and O–H groups in total. The minimum atomic E-state index is -0.257. The number of benzene rings is 1. The fourth-order valence-corrected chi connectivity index (χ4v) is 7.43. The lowest BCUT2D eigenvalue weighted by molar-refractivity contribution is -0.132. The summed E-state index contributed by atoms with van der Waals surface area (Å²) >= 11 is 5.93. The number of carbonyl (C=O) groups excluding carboxylic acids is 2. The lowest BCUT2D eigenvalue weighted by atomic mass is 9.48. The van der Waals surface area contributed by atoms with E-state index in [1.54, 1.807) is 24.3 Å². The van der Waals surface area contributed by atoms with Crippen molar-refractivity contribution in [3.8, 4) is 0 Å². The summed E-state index contributed by atoms with van der Waals surface area (Å²) in [7, 11) is 0. The van der Waals surface area contributed by atoms with E-state index < -0.39 is 0 Å². The van der Waals surface area contributed by atoms with Gasteiger partial charge in [-0.05, 0) is 86.0 Å². The topological polar surface area (TPSA) is 43.4 Å². The van der Waals surface area contributed by atoms with E-state index in [0.29, 0.717) is 34.1 Å². The van der Waals surface area contributed by atoms with Gasteiger partial charge in [-0.3, -0.25) is 4.79 Å². The normalized spacial score (nSPS) is 40.1. The molecular formula is C26H31ClO3. The van der Waals surface area contributed by atoms with E-state index in [9.17, 15) is 9.59 Å². The Bertz CT molecular complexity index is 903. The van der Waals surface area contributed by atoms with E-state index in [-0.39, 0.29) is 22.9 Å². The Labute approximate surface area is 184 Å². The maximum atomic E-state index is 12.6. The van der Waals surface area contributed by atoms with Gasteiger partial charge in [-0.1, -0.05) is 37.1 Å². The lowest BCUT2D eigenvalue weighted by Crippen LogP contribution is -2.50. The molecule has 4 aliphatic carbocycles. The summed E-state index contributed by atoms with van der Waals surface area (Å²) in [6, 6.07) is 6.91. The minimum absolute atomic E-state index is 0.0500. The third kappa shape index (κ3) is 3.07. The molecule has 160 valence electrons. The number of fused-ring (bicyclic) bond motifs is 5. The van der Waals surface area contributed by atoms with Crippen LogP contribution in [0.2, 0.25) is 5.02 Å². The van der Waals surface area contributed by atoms with Gasteiger partial charge in [-0.25, -0.2) is 4.79 Å². The van der Waals surface area contributed by atoms with Crippen molar-refractivity contribution in [2.45, 2.75) is 71.3 Å². The summed E-state index contributed by atoms with van der Waals surface area (Å²) in [4.78, 5) is 25.1. The Hall–Kier alpha value is -1.61. The van der Waals surface area contributed by atoms with Crippen molar-refractivity contribution < 1.29 is 14.3 Å². The van der Waals surface area contributed by atoms with Crippen molar-refractivity contribution in [1.29, 1.82) is 0 Å². The average Bonchev–Trinajstić information content (AvgIpc) is 3.03. The van der Waals surface area contributed by atoms with Gasteiger partial charge in [0.25, 0.3) is 0 Å². The first-order valence-corrected chi connectivity index (χ1v) is 11.9. The highest BCUT2D eigenvalue weighted by molar-refractivity contribution is 6.30. The number of ketones is 1. The first-order valence-electron chi connectivity index (χ1n) is 11.5. The maximum Gasteiger partial charge on any atom is 0.338 e. The van der Waals surface area contributed by atoms with Gasteiger partial charge in [-0.2, -0.15) is 0 Å². The number of Topliss-reactive ketones (excluding diaryl/α,β-unsaturated/α-hetero) is 1. The Morgan fingerprint density at radius 3 is 2.50 bits per heavy atom. The number of halogens is 1. The minimum Gasteiger partial charge on any atom is -0.458 e. The first-order chi connectivity index (χ1) is 14.3. The molecule has 5 rings (SSSR count). The second-order valence-corrected chi connectivity index (χ2v) is 10.9. The van der Waals surface area contributed by atoms with Crippen molar-refractivity contribution in [3.05, 3.63) is 46.5 Å². The molecule has 0 heterocycles. The van der Waals surface area contributed by atoms with Gasteiger partial charge in [0.05, 0.1) is 5.56 Å². The fourth-order valence-electron chi connectivity index (χ4n) is 7.30. The van der Waals surface area contributed by atoms with Crippen LogP contribution in [-0.2, 0) is 9.53 Å². The van der Waals surface area contributed by atoms with Gasteiger partial charge in [-0.15, -0.1) is 0 Å². The second-order valence-electron chi connectivity index (χ2n) is 10.5. The van der Waals surface area contributed by atoms with Crippen LogP contribution in [-0.4, -0.2) is 17.9 Å². The third-order valence-corrected chi connectivity index (χ3v) is 9.37. The van der Waals surface area contributed by atoms with Crippen molar-refractivity contribution in [2.75, 3.05) is 0 Å². The maximum absolute atomic E-state index is 12.6. The van der Waals surface area contributed by atoms with E-state index in [4.69, 9.17) is 16.3 Å². The molecule has 4 aliphatic rings. The molecule has 1 aromatic carbocycles. The molecule has 0 aromatic heterocycles. The predicted molar refractivity (Wildman–Crippen MR) is 117 cm³/mol. The summed E-state index contributed by atoms with van der Waals surface area (Å²) in [6.45, 7) is 4.67. The third-order valence-electron chi connectivity index (χ3n) is 9.12. The zero-order valence-corrected chi connectivity index (χ0v) is 18.7. The molecule has 0 radical (unpaired) electrons. The number of rotatable bonds is 2. The highest BCUT2D eigenvalue weighted by Gasteiger charge is 2.58. The summed E-state index contributed by atoms with van der Waals surface area (Å²) in [5, 5.41) is 0.620. The van der Waals surface area contributed by atoms with Gasteiger partial charge >= 0.3 is 5.97 Å². The summed E-state index contributed by atoms with van der Waals surface area (Å²) < 4.78 is 5.88. The van der Waals surface area contributed by atoms with Crippen LogP contribution in [0.25, 0.3) is 0 Å². The van der Waals surface area contributed by atoms with E-state index >= 15 is 0 Å². The zero-order chi connectivity index (χ0) is 21.1. The molecule has 0 unspecified atom stereocenters. The molecule has 3 nitrogen and oxygen atoms in total. The van der Waals surface area contributed by atoms with E-state index in [2.05, 4.69) is 19.9 Å².